The van der Waals surface area contributed by atoms with Gasteiger partial charge in [0, 0.05) is 6.07 Å². The van der Waals surface area contributed by atoms with Crippen molar-refractivity contribution in [2.24, 2.45) is 5.92 Å². The summed E-state index contributed by atoms with van der Waals surface area (Å²) in [7, 11) is 0. The Morgan fingerprint density at radius 2 is 2.32 bits per heavy atom. The van der Waals surface area contributed by atoms with Gasteiger partial charge in [-0.3, -0.25) is 10.1 Å². The molecule has 1 fully saturated rings. The molecule has 0 amide bonds. The third-order valence-electron chi connectivity index (χ3n) is 3.27. The van der Waals surface area contributed by atoms with Crippen molar-refractivity contribution in [2.75, 3.05) is 6.61 Å². The number of hydrogen-bond acceptors (Lipinski definition) is 5. The quantitative estimate of drug-likeness (QED) is 0.625. The molecule has 7 heteroatoms. The molecular weight excluding hydrogens is 252 g/mol. The molecule has 2 rings (SSSR count). The van der Waals surface area contributed by atoms with E-state index in [-0.39, 0.29) is 17.1 Å². The van der Waals surface area contributed by atoms with Gasteiger partial charge < -0.3 is 9.84 Å². The van der Waals surface area contributed by atoms with Crippen LogP contribution >= 0.6 is 0 Å². The van der Waals surface area contributed by atoms with E-state index in [0.29, 0.717) is 12.5 Å². The molecule has 1 N–H and O–H groups in total. The van der Waals surface area contributed by atoms with Crippen LogP contribution in [0.2, 0.25) is 0 Å². The summed E-state index contributed by atoms with van der Waals surface area (Å²) in [4.78, 5) is 24.6. The summed E-state index contributed by atoms with van der Waals surface area (Å²) in [5, 5.41) is 19.6. The van der Waals surface area contributed by atoms with Crippen LogP contribution in [0.15, 0.2) is 12.3 Å². The maximum atomic E-state index is 11.0. The van der Waals surface area contributed by atoms with Crippen molar-refractivity contribution in [2.45, 2.75) is 25.7 Å². The molecule has 102 valence electrons. The largest absolute Gasteiger partial charge is 0.477 e. The molecule has 0 radical (unpaired) electrons. The minimum Gasteiger partial charge on any atom is -0.477 e. The van der Waals surface area contributed by atoms with Gasteiger partial charge >= 0.3 is 5.97 Å². The lowest BCUT2D eigenvalue weighted by Crippen LogP contribution is -2.15. The average molecular weight is 266 g/mol. The van der Waals surface area contributed by atoms with Crippen LogP contribution in [0.4, 0.5) is 5.69 Å². The highest BCUT2D eigenvalue weighted by atomic mass is 16.6. The maximum Gasteiger partial charge on any atom is 0.341 e. The number of carboxylic acids is 1. The molecule has 1 aromatic heterocycles. The molecule has 1 aliphatic carbocycles. The first-order valence-electron chi connectivity index (χ1n) is 6.08. The normalized spacial score (nSPS) is 14.7. The van der Waals surface area contributed by atoms with Gasteiger partial charge in [0.2, 0.25) is 5.88 Å². The Hall–Kier alpha value is -2.18. The van der Waals surface area contributed by atoms with Crippen molar-refractivity contribution in [3.63, 3.8) is 0 Å². The second-order valence-corrected chi connectivity index (χ2v) is 4.54. The second kappa shape index (κ2) is 5.64. The monoisotopic (exact) mass is 266 g/mol. The van der Waals surface area contributed by atoms with Crippen LogP contribution in [0, 0.1) is 16.0 Å². The molecule has 0 saturated heterocycles. The zero-order chi connectivity index (χ0) is 13.8. The fourth-order valence-electron chi connectivity index (χ4n) is 1.91. The number of rotatable bonds is 6. The molecule has 19 heavy (non-hydrogen) atoms. The summed E-state index contributed by atoms with van der Waals surface area (Å²) in [5.74, 6) is -0.696. The number of nitrogens with zero attached hydrogens (tertiary/aromatic N) is 2. The van der Waals surface area contributed by atoms with Crippen molar-refractivity contribution in [1.82, 2.24) is 4.98 Å². The molecule has 0 aliphatic heterocycles. The van der Waals surface area contributed by atoms with Crippen LogP contribution in [0.25, 0.3) is 0 Å². The minimum absolute atomic E-state index is 0.0579. The number of aromatic carboxylic acids is 1. The first kappa shape index (κ1) is 13.3. The zero-order valence-electron chi connectivity index (χ0n) is 10.2. The van der Waals surface area contributed by atoms with E-state index in [1.807, 2.05) is 0 Å². The van der Waals surface area contributed by atoms with Crippen molar-refractivity contribution >= 4 is 11.7 Å². The second-order valence-electron chi connectivity index (χ2n) is 4.54. The fourth-order valence-corrected chi connectivity index (χ4v) is 1.91. The molecule has 1 aromatic rings. The van der Waals surface area contributed by atoms with Crippen molar-refractivity contribution in [1.29, 1.82) is 0 Å². The van der Waals surface area contributed by atoms with Gasteiger partial charge in [-0.2, -0.15) is 0 Å². The smallest absolute Gasteiger partial charge is 0.341 e. The number of carbonyl (C=O) groups is 1. The molecule has 1 saturated carbocycles. The van der Waals surface area contributed by atoms with Crippen LogP contribution in [0.3, 0.4) is 0 Å². The van der Waals surface area contributed by atoms with E-state index in [2.05, 4.69) is 4.98 Å². The molecule has 1 aliphatic rings. The Bertz CT molecular complexity index is 499. The predicted molar refractivity (Wildman–Crippen MR) is 65.3 cm³/mol. The summed E-state index contributed by atoms with van der Waals surface area (Å²) >= 11 is 0. The van der Waals surface area contributed by atoms with Crippen molar-refractivity contribution in [3.05, 3.63) is 27.9 Å². The summed E-state index contributed by atoms with van der Waals surface area (Å²) in [6.45, 7) is 0.385. The minimum atomic E-state index is -1.28. The number of ether oxygens (including phenoxy) is 1. The molecule has 1 heterocycles. The van der Waals surface area contributed by atoms with Gasteiger partial charge in [-0.15, -0.1) is 0 Å². The summed E-state index contributed by atoms with van der Waals surface area (Å²) in [6, 6.07) is 0.966. The number of nitro groups is 1. The fraction of sp³-hybridized carbons (Fsp3) is 0.500. The SMILES string of the molecule is O=C(O)c1cc([N+](=O)[O-])cnc1OCCC1CCC1. The van der Waals surface area contributed by atoms with Gasteiger partial charge in [0.15, 0.2) is 0 Å². The lowest BCUT2D eigenvalue weighted by atomic mass is 9.83. The van der Waals surface area contributed by atoms with Gasteiger partial charge in [-0.05, 0) is 12.3 Å². The average Bonchev–Trinajstić information content (AvgIpc) is 2.32. The lowest BCUT2D eigenvalue weighted by molar-refractivity contribution is -0.385. The van der Waals surface area contributed by atoms with Gasteiger partial charge in [0.1, 0.15) is 11.8 Å². The Labute approximate surface area is 109 Å². The standard InChI is InChI=1S/C12H14N2O5/c15-12(16)10-6-9(14(17)18)7-13-11(10)19-5-4-8-2-1-3-8/h6-8H,1-5H2,(H,15,16). The zero-order valence-corrected chi connectivity index (χ0v) is 10.2. The molecule has 0 unspecified atom stereocenters. The molecular formula is C12H14N2O5. The Morgan fingerprint density at radius 3 is 2.84 bits per heavy atom. The Kier molecular flexibility index (Phi) is 3.94. The van der Waals surface area contributed by atoms with Crippen LogP contribution in [-0.2, 0) is 0 Å². The van der Waals surface area contributed by atoms with Crippen LogP contribution in [0.1, 0.15) is 36.0 Å². The van der Waals surface area contributed by atoms with Crippen LogP contribution in [-0.4, -0.2) is 27.6 Å². The van der Waals surface area contributed by atoms with E-state index in [4.69, 9.17) is 9.84 Å². The first-order valence-corrected chi connectivity index (χ1v) is 6.08. The van der Waals surface area contributed by atoms with E-state index >= 15 is 0 Å². The van der Waals surface area contributed by atoms with Gasteiger partial charge in [0.05, 0.1) is 11.5 Å². The number of hydrogen-bond donors (Lipinski definition) is 1. The van der Waals surface area contributed by atoms with Crippen LogP contribution < -0.4 is 4.74 Å². The maximum absolute atomic E-state index is 11.0. The van der Waals surface area contributed by atoms with E-state index < -0.39 is 10.9 Å². The van der Waals surface area contributed by atoms with E-state index in [0.717, 1.165) is 18.7 Å². The first-order chi connectivity index (χ1) is 9.08. The predicted octanol–water partition coefficient (Wildman–Crippen LogP) is 2.26. The van der Waals surface area contributed by atoms with Gasteiger partial charge in [-0.1, -0.05) is 19.3 Å². The summed E-state index contributed by atoms with van der Waals surface area (Å²) in [6.07, 6.45) is 5.47. The Morgan fingerprint density at radius 1 is 1.58 bits per heavy atom. The Balaban J connectivity index is 2.05. The number of carboxylic acid groups (broad SMARTS) is 1. The molecule has 0 atom stereocenters. The van der Waals surface area contributed by atoms with Crippen LogP contribution in [0.5, 0.6) is 5.88 Å². The molecule has 0 spiro atoms. The number of pyridine rings is 1. The lowest BCUT2D eigenvalue weighted by Gasteiger charge is -2.24. The van der Waals surface area contributed by atoms with E-state index in [1.165, 1.54) is 19.3 Å². The third kappa shape index (κ3) is 3.18. The molecule has 0 aromatic carbocycles. The third-order valence-corrected chi connectivity index (χ3v) is 3.27. The van der Waals surface area contributed by atoms with E-state index in [1.54, 1.807) is 0 Å². The highest BCUT2D eigenvalue weighted by molar-refractivity contribution is 5.90. The van der Waals surface area contributed by atoms with E-state index in [9.17, 15) is 14.9 Å². The molecule has 0 bridgehead atoms. The molecule has 7 nitrogen and oxygen atoms in total. The number of aromatic nitrogens is 1. The highest BCUT2D eigenvalue weighted by Gasteiger charge is 2.20. The van der Waals surface area contributed by atoms with Gasteiger partial charge in [-0.25, -0.2) is 9.78 Å². The highest BCUT2D eigenvalue weighted by Crippen LogP contribution is 2.29. The van der Waals surface area contributed by atoms with Gasteiger partial charge in [0.25, 0.3) is 5.69 Å². The topological polar surface area (TPSA) is 103 Å². The van der Waals surface area contributed by atoms with Crippen molar-refractivity contribution in [3.8, 4) is 5.88 Å². The summed E-state index contributed by atoms with van der Waals surface area (Å²) in [5.41, 5.74) is -0.633. The van der Waals surface area contributed by atoms with Crippen molar-refractivity contribution < 1.29 is 19.6 Å². The summed E-state index contributed by atoms with van der Waals surface area (Å²) < 4.78 is 5.33.